The molecule has 3 heteroatoms. The molecule has 0 saturated carbocycles. The van der Waals surface area contributed by atoms with Crippen molar-refractivity contribution in [1.82, 2.24) is 0 Å². The fraction of sp³-hybridized carbons (Fsp3) is 0.0137. The van der Waals surface area contributed by atoms with Gasteiger partial charge in [-0.1, -0.05) is 260 Å². The van der Waals surface area contributed by atoms with Crippen molar-refractivity contribution in [3.63, 3.8) is 0 Å². The van der Waals surface area contributed by atoms with E-state index < -0.39 is 5.41 Å². The van der Waals surface area contributed by atoms with Gasteiger partial charge in [0.05, 0.1) is 16.8 Å². The predicted octanol–water partition coefficient (Wildman–Crippen LogP) is 20.3. The lowest BCUT2D eigenvalue weighted by molar-refractivity contribution is 0.794. The Morgan fingerprint density at radius 2 is 0.618 bits per heavy atom. The van der Waals surface area contributed by atoms with Crippen molar-refractivity contribution in [3.05, 3.63) is 325 Å². The van der Waals surface area contributed by atoms with E-state index in [1.165, 1.54) is 44.5 Å². The molecule has 76 heavy (non-hydrogen) atoms. The summed E-state index contributed by atoms with van der Waals surface area (Å²) in [6, 6.07) is 108. The highest BCUT2D eigenvalue weighted by Crippen LogP contribution is 2.63. The van der Waals surface area contributed by atoms with E-state index in [9.17, 15) is 0 Å². The van der Waals surface area contributed by atoms with Gasteiger partial charge < -0.3 is 9.80 Å². The summed E-state index contributed by atoms with van der Waals surface area (Å²) < 4.78 is 0. The smallest absolute Gasteiger partial charge is 0.0725 e. The van der Waals surface area contributed by atoms with Crippen LogP contribution in [-0.4, -0.2) is 0 Å². The number of rotatable bonds is 10. The van der Waals surface area contributed by atoms with Crippen molar-refractivity contribution in [2.45, 2.75) is 5.41 Å². The van der Waals surface area contributed by atoms with Gasteiger partial charge in [0.15, 0.2) is 0 Å². The van der Waals surface area contributed by atoms with Crippen molar-refractivity contribution in [2.75, 3.05) is 9.80 Å². The zero-order chi connectivity index (χ0) is 50.6. The van der Waals surface area contributed by atoms with Crippen molar-refractivity contribution >= 4 is 45.7 Å². The molecule has 0 unspecified atom stereocenters. The van der Waals surface area contributed by atoms with Crippen LogP contribution in [0.3, 0.4) is 0 Å². The van der Waals surface area contributed by atoms with Crippen LogP contribution in [0, 0.1) is 0 Å². The number of halogens is 1. The number of nitrogens with zero attached hydrogens (tertiary/aromatic N) is 2. The summed E-state index contributed by atoms with van der Waals surface area (Å²) >= 11 is 7.65. The third-order valence-electron chi connectivity index (χ3n) is 15.5. The third-order valence-corrected chi connectivity index (χ3v) is 15.7. The van der Waals surface area contributed by atoms with Gasteiger partial charge in [-0.25, -0.2) is 0 Å². The van der Waals surface area contributed by atoms with E-state index in [-0.39, 0.29) is 0 Å². The molecular formula is C73H49ClN2. The van der Waals surface area contributed by atoms with Crippen molar-refractivity contribution in [3.8, 4) is 66.8 Å². The van der Waals surface area contributed by atoms with Crippen LogP contribution >= 0.6 is 11.6 Å². The Bertz CT molecular complexity index is 4010. The quantitative estimate of drug-likeness (QED) is 0.135. The molecule has 0 saturated heterocycles. The molecule has 0 N–H and O–H groups in total. The summed E-state index contributed by atoms with van der Waals surface area (Å²) in [6.07, 6.45) is 0. The maximum absolute atomic E-state index is 7.65. The SMILES string of the molecule is Clc1cc(N(c2ccc3c(c2)-c2ccccc2C32c3ccccc3-c3ccccc32)c2ccccc2-c2ccccc2)cc(N(c2ccc(-c3ccccc3)cc2)c2c(-c3ccccc3)cccc2-c2ccccc2)c1. The van der Waals surface area contributed by atoms with Crippen LogP contribution in [0.1, 0.15) is 22.3 Å². The molecule has 0 aromatic heterocycles. The van der Waals surface area contributed by atoms with E-state index in [1.54, 1.807) is 0 Å². The summed E-state index contributed by atoms with van der Waals surface area (Å²) in [6.45, 7) is 0. The average molecular weight is 990 g/mol. The van der Waals surface area contributed by atoms with Gasteiger partial charge in [-0.3, -0.25) is 0 Å². The van der Waals surface area contributed by atoms with Gasteiger partial charge in [0.25, 0.3) is 0 Å². The maximum Gasteiger partial charge on any atom is 0.0725 e. The molecule has 2 aliphatic carbocycles. The second kappa shape index (κ2) is 18.8. The second-order valence-electron chi connectivity index (χ2n) is 19.7. The minimum atomic E-state index is -0.465. The molecular weight excluding hydrogens is 940 g/mol. The summed E-state index contributed by atoms with van der Waals surface area (Å²) in [5.41, 5.74) is 24.7. The summed E-state index contributed by atoms with van der Waals surface area (Å²) in [7, 11) is 0. The maximum atomic E-state index is 7.65. The van der Waals surface area contributed by atoms with E-state index in [1.807, 2.05) is 0 Å². The Morgan fingerprint density at radius 3 is 1.16 bits per heavy atom. The lowest BCUT2D eigenvalue weighted by atomic mass is 9.70. The van der Waals surface area contributed by atoms with Crippen molar-refractivity contribution in [2.24, 2.45) is 0 Å². The highest BCUT2D eigenvalue weighted by Gasteiger charge is 2.51. The predicted molar refractivity (Wildman–Crippen MR) is 319 cm³/mol. The molecule has 2 nitrogen and oxygen atoms in total. The van der Waals surface area contributed by atoms with E-state index in [0.717, 1.165) is 78.6 Å². The second-order valence-corrected chi connectivity index (χ2v) is 20.1. The minimum absolute atomic E-state index is 0.465. The molecule has 2 aliphatic rings. The summed E-state index contributed by atoms with van der Waals surface area (Å²) in [4.78, 5) is 4.83. The molecule has 0 amide bonds. The number of anilines is 6. The Labute approximate surface area is 449 Å². The Kier molecular flexibility index (Phi) is 11.2. The fourth-order valence-electron chi connectivity index (χ4n) is 12.3. The highest BCUT2D eigenvalue weighted by atomic mass is 35.5. The lowest BCUT2D eigenvalue weighted by Gasteiger charge is -2.33. The molecule has 0 bridgehead atoms. The standard InChI is InChI=1S/C73H49ClN2/c74-55-46-58(48-59(47-55)76(56-42-40-51(41-43-56)50-22-5-1-6-23-50)72-61(53-26-9-3-10-27-53)34-21-35-62(72)54-28-11-4-12-29-54)75(71-39-20-16-30-60(71)52-24-7-2-8-25-52)57-44-45-70-66(49-57)65-33-15-19-38-69(65)73(70)67-36-17-13-31-63(67)64-32-14-18-37-68(64)73/h1-49H. The number of benzene rings is 12. The van der Waals surface area contributed by atoms with Gasteiger partial charge in [0.1, 0.15) is 0 Å². The van der Waals surface area contributed by atoms with E-state index in [0.29, 0.717) is 5.02 Å². The molecule has 0 fully saturated rings. The first kappa shape index (κ1) is 45.2. The van der Waals surface area contributed by atoms with E-state index >= 15 is 0 Å². The number of para-hydroxylation sites is 2. The summed E-state index contributed by atoms with van der Waals surface area (Å²) in [5, 5.41) is 0.615. The monoisotopic (exact) mass is 988 g/mol. The normalized spacial score (nSPS) is 12.4. The first-order valence-corrected chi connectivity index (χ1v) is 26.4. The molecule has 12 aromatic rings. The van der Waals surface area contributed by atoms with E-state index in [4.69, 9.17) is 11.6 Å². The van der Waals surface area contributed by atoms with Crippen LogP contribution in [0.4, 0.5) is 34.1 Å². The molecule has 14 rings (SSSR count). The van der Waals surface area contributed by atoms with E-state index in [2.05, 4.69) is 307 Å². The molecule has 0 aliphatic heterocycles. The molecule has 0 radical (unpaired) electrons. The van der Waals surface area contributed by atoms with Gasteiger partial charge >= 0.3 is 0 Å². The first-order valence-electron chi connectivity index (χ1n) is 26.0. The third kappa shape index (κ3) is 7.41. The first-order chi connectivity index (χ1) is 37.6. The van der Waals surface area contributed by atoms with Crippen LogP contribution < -0.4 is 9.80 Å². The minimum Gasteiger partial charge on any atom is -0.310 e. The Balaban J connectivity index is 1.02. The van der Waals surface area contributed by atoms with Gasteiger partial charge in [-0.05, 0) is 121 Å². The zero-order valence-corrected chi connectivity index (χ0v) is 42.3. The van der Waals surface area contributed by atoms with Crippen LogP contribution in [0.2, 0.25) is 5.02 Å². The van der Waals surface area contributed by atoms with Crippen LogP contribution in [-0.2, 0) is 5.41 Å². The van der Waals surface area contributed by atoms with Gasteiger partial charge in [0, 0.05) is 44.5 Å². The van der Waals surface area contributed by atoms with Gasteiger partial charge in [0.2, 0.25) is 0 Å². The molecule has 12 aromatic carbocycles. The zero-order valence-electron chi connectivity index (χ0n) is 41.6. The van der Waals surface area contributed by atoms with Crippen LogP contribution in [0.15, 0.2) is 297 Å². The highest BCUT2D eigenvalue weighted by molar-refractivity contribution is 6.31. The number of fused-ring (bicyclic) bond motifs is 10. The fourth-order valence-corrected chi connectivity index (χ4v) is 12.6. The Morgan fingerprint density at radius 1 is 0.237 bits per heavy atom. The average Bonchev–Trinajstić information content (AvgIpc) is 4.17. The molecule has 358 valence electrons. The van der Waals surface area contributed by atoms with Crippen LogP contribution in [0.5, 0.6) is 0 Å². The van der Waals surface area contributed by atoms with Crippen molar-refractivity contribution < 1.29 is 0 Å². The topological polar surface area (TPSA) is 6.48 Å². The number of hydrogen-bond acceptors (Lipinski definition) is 2. The largest absolute Gasteiger partial charge is 0.310 e. The Hall–Kier alpha value is -9.47. The number of hydrogen-bond donors (Lipinski definition) is 0. The molecule has 0 atom stereocenters. The van der Waals surface area contributed by atoms with Crippen LogP contribution in [0.25, 0.3) is 66.8 Å². The molecule has 1 spiro atoms. The molecule has 0 heterocycles. The van der Waals surface area contributed by atoms with Gasteiger partial charge in [-0.2, -0.15) is 0 Å². The lowest BCUT2D eigenvalue weighted by Crippen LogP contribution is -2.25. The van der Waals surface area contributed by atoms with Gasteiger partial charge in [-0.15, -0.1) is 0 Å². The summed E-state index contributed by atoms with van der Waals surface area (Å²) in [5.74, 6) is 0. The van der Waals surface area contributed by atoms with Crippen molar-refractivity contribution in [1.29, 1.82) is 0 Å².